The number of benzene rings is 1. The molecule has 1 aliphatic rings. The highest BCUT2D eigenvalue weighted by molar-refractivity contribution is 5.94. The molecule has 1 aromatic carbocycles. The first-order chi connectivity index (χ1) is 9.24. The molecule has 2 rings (SSSR count). The second-order valence-electron chi connectivity index (χ2n) is 5.10. The number of nitrogens with two attached hydrogens (primary N) is 1. The van der Waals surface area contributed by atoms with Gasteiger partial charge in [-0.2, -0.15) is 0 Å². The second-order valence-corrected chi connectivity index (χ2v) is 5.10. The van der Waals surface area contributed by atoms with Crippen molar-refractivity contribution in [2.24, 2.45) is 11.7 Å². The molecule has 1 aliphatic heterocycles. The average Bonchev–Trinajstić information content (AvgIpc) is 2.88. The number of hydrogen-bond acceptors (Lipinski definition) is 3. The molecule has 0 aromatic heterocycles. The van der Waals surface area contributed by atoms with Crippen molar-refractivity contribution in [3.63, 3.8) is 0 Å². The number of rotatable bonds is 5. The molecule has 19 heavy (non-hydrogen) atoms. The van der Waals surface area contributed by atoms with E-state index in [4.69, 9.17) is 5.73 Å². The number of likely N-dealkylation sites (N-methyl/N-ethyl adjacent to an activating group) is 1. The van der Waals surface area contributed by atoms with E-state index in [1.54, 1.807) is 0 Å². The molecule has 1 fully saturated rings. The van der Waals surface area contributed by atoms with Crippen LogP contribution in [0.4, 0.5) is 5.69 Å². The molecule has 104 valence electrons. The fourth-order valence-corrected chi connectivity index (χ4v) is 2.64. The molecule has 1 saturated heterocycles. The first-order valence-electron chi connectivity index (χ1n) is 7.02. The fraction of sp³-hybridized carbons (Fsp3) is 0.533. The second kappa shape index (κ2) is 6.68. The van der Waals surface area contributed by atoms with Crippen molar-refractivity contribution in [2.75, 3.05) is 37.6 Å². The molecule has 2 N–H and O–H groups in total. The molecular weight excluding hydrogens is 238 g/mol. The van der Waals surface area contributed by atoms with E-state index in [1.807, 2.05) is 42.2 Å². The molecule has 1 unspecified atom stereocenters. The Hall–Kier alpha value is -1.39. The van der Waals surface area contributed by atoms with Crippen molar-refractivity contribution in [1.82, 2.24) is 4.90 Å². The highest BCUT2D eigenvalue weighted by Crippen LogP contribution is 2.17. The smallest absolute Gasteiger partial charge is 0.241 e. The van der Waals surface area contributed by atoms with Gasteiger partial charge in [-0.25, -0.2) is 0 Å². The van der Waals surface area contributed by atoms with E-state index in [-0.39, 0.29) is 5.91 Å². The van der Waals surface area contributed by atoms with Crippen LogP contribution in [0.15, 0.2) is 30.3 Å². The van der Waals surface area contributed by atoms with E-state index in [0.717, 1.165) is 31.7 Å². The zero-order chi connectivity index (χ0) is 13.7. The predicted molar refractivity (Wildman–Crippen MR) is 78.1 cm³/mol. The number of nitrogens with zero attached hydrogens (tertiary/aromatic N) is 2. The van der Waals surface area contributed by atoms with Crippen LogP contribution < -0.4 is 10.6 Å². The minimum Gasteiger partial charge on any atom is -0.330 e. The topological polar surface area (TPSA) is 49.6 Å². The van der Waals surface area contributed by atoms with Crippen molar-refractivity contribution in [3.05, 3.63) is 30.3 Å². The van der Waals surface area contributed by atoms with Crippen molar-refractivity contribution >= 4 is 11.6 Å². The van der Waals surface area contributed by atoms with Crippen LogP contribution >= 0.6 is 0 Å². The minimum absolute atomic E-state index is 0.173. The Bertz CT molecular complexity index is 407. The molecular formula is C15H23N3O. The van der Waals surface area contributed by atoms with Gasteiger partial charge in [-0.3, -0.25) is 9.69 Å². The molecule has 4 nitrogen and oxygen atoms in total. The summed E-state index contributed by atoms with van der Waals surface area (Å²) in [5, 5.41) is 0. The van der Waals surface area contributed by atoms with Gasteiger partial charge in [0.05, 0.1) is 6.54 Å². The van der Waals surface area contributed by atoms with E-state index in [9.17, 15) is 4.79 Å². The summed E-state index contributed by atoms with van der Waals surface area (Å²) < 4.78 is 0. The van der Waals surface area contributed by atoms with Crippen LogP contribution in [-0.2, 0) is 4.79 Å². The summed E-state index contributed by atoms with van der Waals surface area (Å²) >= 11 is 0. The quantitative estimate of drug-likeness (QED) is 0.869. The third kappa shape index (κ3) is 3.55. The van der Waals surface area contributed by atoms with Crippen molar-refractivity contribution in [1.29, 1.82) is 0 Å². The molecule has 0 bridgehead atoms. The molecule has 0 radical (unpaired) electrons. The first-order valence-corrected chi connectivity index (χ1v) is 7.02. The largest absolute Gasteiger partial charge is 0.330 e. The zero-order valence-electron chi connectivity index (χ0n) is 11.6. The molecule has 4 heteroatoms. The molecule has 1 heterocycles. The van der Waals surface area contributed by atoms with Gasteiger partial charge < -0.3 is 10.6 Å². The lowest BCUT2D eigenvalue weighted by molar-refractivity contribution is -0.119. The number of amides is 1. The van der Waals surface area contributed by atoms with Crippen LogP contribution in [0, 0.1) is 5.92 Å². The third-order valence-corrected chi connectivity index (χ3v) is 3.75. The van der Waals surface area contributed by atoms with E-state index >= 15 is 0 Å². The molecule has 1 atom stereocenters. The maximum Gasteiger partial charge on any atom is 0.241 e. The lowest BCUT2D eigenvalue weighted by Gasteiger charge is -2.24. The normalized spacial score (nSPS) is 19.6. The number of anilines is 1. The molecule has 1 aromatic rings. The predicted octanol–water partition coefficient (Wildman–Crippen LogP) is 1.32. The zero-order valence-corrected chi connectivity index (χ0v) is 11.6. The standard InChI is InChI=1S/C15H23N3O/c1-2-18(14-6-4-3-5-7-14)15(19)12-17-9-8-13(10-16)11-17/h3-7,13H,2,8-12,16H2,1H3. The van der Waals surface area contributed by atoms with Gasteiger partial charge in [-0.05, 0) is 44.5 Å². The lowest BCUT2D eigenvalue weighted by Crippen LogP contribution is -2.39. The maximum atomic E-state index is 12.4. The molecule has 0 saturated carbocycles. The molecule has 0 spiro atoms. The van der Waals surface area contributed by atoms with Crippen LogP contribution in [0.3, 0.4) is 0 Å². The Morgan fingerprint density at radius 3 is 2.74 bits per heavy atom. The minimum atomic E-state index is 0.173. The van der Waals surface area contributed by atoms with Gasteiger partial charge >= 0.3 is 0 Å². The van der Waals surface area contributed by atoms with Crippen LogP contribution in [0.25, 0.3) is 0 Å². The van der Waals surface area contributed by atoms with Gasteiger partial charge in [0.2, 0.25) is 5.91 Å². The van der Waals surface area contributed by atoms with Crippen molar-refractivity contribution in [3.8, 4) is 0 Å². The van der Waals surface area contributed by atoms with Gasteiger partial charge in [0.15, 0.2) is 0 Å². The number of carbonyl (C=O) groups excluding carboxylic acids is 1. The van der Waals surface area contributed by atoms with Crippen LogP contribution in [0.2, 0.25) is 0 Å². The van der Waals surface area contributed by atoms with Crippen LogP contribution in [0.1, 0.15) is 13.3 Å². The van der Waals surface area contributed by atoms with Gasteiger partial charge in [-0.1, -0.05) is 18.2 Å². The van der Waals surface area contributed by atoms with Crippen molar-refractivity contribution in [2.45, 2.75) is 13.3 Å². The van der Waals surface area contributed by atoms with Gasteiger partial charge in [0, 0.05) is 18.8 Å². The Morgan fingerprint density at radius 2 is 2.16 bits per heavy atom. The van der Waals surface area contributed by atoms with E-state index in [2.05, 4.69) is 4.90 Å². The van der Waals surface area contributed by atoms with Gasteiger partial charge in [-0.15, -0.1) is 0 Å². The van der Waals surface area contributed by atoms with Gasteiger partial charge in [0.25, 0.3) is 0 Å². The Morgan fingerprint density at radius 1 is 1.42 bits per heavy atom. The number of para-hydroxylation sites is 1. The SMILES string of the molecule is CCN(C(=O)CN1CCC(CN)C1)c1ccccc1. The highest BCUT2D eigenvalue weighted by atomic mass is 16.2. The average molecular weight is 261 g/mol. The monoisotopic (exact) mass is 261 g/mol. The van der Waals surface area contributed by atoms with Gasteiger partial charge in [0.1, 0.15) is 0 Å². The summed E-state index contributed by atoms with van der Waals surface area (Å²) in [6, 6.07) is 9.85. The Kier molecular flexibility index (Phi) is 4.93. The summed E-state index contributed by atoms with van der Waals surface area (Å²) in [7, 11) is 0. The van der Waals surface area contributed by atoms with Crippen LogP contribution in [-0.4, -0.2) is 43.5 Å². The van der Waals surface area contributed by atoms with E-state index in [0.29, 0.717) is 19.0 Å². The third-order valence-electron chi connectivity index (χ3n) is 3.75. The Balaban J connectivity index is 1.95. The number of likely N-dealkylation sites (tertiary alicyclic amines) is 1. The fourth-order valence-electron chi connectivity index (χ4n) is 2.64. The summed E-state index contributed by atoms with van der Waals surface area (Å²) in [5.74, 6) is 0.728. The summed E-state index contributed by atoms with van der Waals surface area (Å²) in [6.45, 7) is 5.88. The lowest BCUT2D eigenvalue weighted by atomic mass is 10.1. The molecule has 0 aliphatic carbocycles. The van der Waals surface area contributed by atoms with Crippen molar-refractivity contribution < 1.29 is 4.79 Å². The maximum absolute atomic E-state index is 12.4. The summed E-state index contributed by atoms with van der Waals surface area (Å²) in [4.78, 5) is 16.4. The number of hydrogen-bond donors (Lipinski definition) is 1. The van der Waals surface area contributed by atoms with E-state index in [1.165, 1.54) is 0 Å². The molecule has 1 amide bonds. The van der Waals surface area contributed by atoms with Crippen LogP contribution in [0.5, 0.6) is 0 Å². The number of carbonyl (C=O) groups is 1. The summed E-state index contributed by atoms with van der Waals surface area (Å²) in [5.41, 5.74) is 6.66. The first kappa shape index (κ1) is 14.0. The Labute approximate surface area is 115 Å². The van der Waals surface area contributed by atoms with E-state index < -0.39 is 0 Å². The summed E-state index contributed by atoms with van der Waals surface area (Å²) in [6.07, 6.45) is 1.11. The highest BCUT2D eigenvalue weighted by Gasteiger charge is 2.24.